The van der Waals surface area contributed by atoms with Crippen molar-refractivity contribution in [2.45, 2.75) is 71.0 Å². The Morgan fingerprint density at radius 1 is 1.36 bits per heavy atom. The van der Waals surface area contributed by atoms with E-state index in [-0.39, 0.29) is 24.4 Å². The van der Waals surface area contributed by atoms with Gasteiger partial charge in [-0.1, -0.05) is 44.1 Å². The van der Waals surface area contributed by atoms with Gasteiger partial charge in [-0.25, -0.2) is 8.42 Å². The number of carbonyl (C=O) groups is 1. The SMILES string of the molecule is CCC(C)[C@H](O)/C=C/[C@@H]1[C@H]2C/C(=C/CCCC(=O)NS(C)(=O)=O)C[C@H]2C[C@H]1O. The number of allylic oxidation sites excluding steroid dienone is 2. The van der Waals surface area contributed by atoms with Gasteiger partial charge < -0.3 is 10.2 Å². The first-order valence-electron chi connectivity index (χ1n) is 10.3. The smallest absolute Gasteiger partial charge is 0.233 e. The number of aliphatic hydroxyl groups excluding tert-OH is 2. The van der Waals surface area contributed by atoms with Gasteiger partial charge in [-0.15, -0.1) is 0 Å². The highest BCUT2D eigenvalue weighted by molar-refractivity contribution is 7.89. The quantitative estimate of drug-likeness (QED) is 0.398. The summed E-state index contributed by atoms with van der Waals surface area (Å²) < 4.78 is 24.0. The number of rotatable bonds is 9. The molecule has 6 nitrogen and oxygen atoms in total. The number of nitrogens with one attached hydrogen (secondary N) is 1. The zero-order chi connectivity index (χ0) is 20.9. The fraction of sp³-hybridized carbons (Fsp3) is 0.762. The highest BCUT2D eigenvalue weighted by atomic mass is 32.2. The van der Waals surface area contributed by atoms with Crippen LogP contribution < -0.4 is 4.72 Å². The van der Waals surface area contributed by atoms with Crippen molar-refractivity contribution >= 4 is 15.9 Å². The number of amides is 1. The van der Waals surface area contributed by atoms with Gasteiger partial charge in [-0.2, -0.15) is 0 Å². The van der Waals surface area contributed by atoms with E-state index >= 15 is 0 Å². The van der Waals surface area contributed by atoms with Gasteiger partial charge in [0.1, 0.15) is 0 Å². The summed E-state index contributed by atoms with van der Waals surface area (Å²) in [5.41, 5.74) is 1.37. The molecule has 0 spiro atoms. The molecule has 0 heterocycles. The Bertz CT molecular complexity index is 700. The highest BCUT2D eigenvalue weighted by Gasteiger charge is 2.44. The summed E-state index contributed by atoms with van der Waals surface area (Å²) in [7, 11) is -3.48. The average Bonchev–Trinajstić information content (AvgIpc) is 3.11. The van der Waals surface area contributed by atoms with Crippen LogP contribution in [0.4, 0.5) is 0 Å². The van der Waals surface area contributed by atoms with E-state index in [1.165, 1.54) is 5.57 Å². The summed E-state index contributed by atoms with van der Waals surface area (Å²) >= 11 is 0. The molecule has 7 heteroatoms. The van der Waals surface area contributed by atoms with Crippen molar-refractivity contribution in [2.75, 3.05) is 6.26 Å². The first kappa shape index (κ1) is 23.1. The van der Waals surface area contributed by atoms with Gasteiger partial charge in [-0.05, 0) is 49.9 Å². The van der Waals surface area contributed by atoms with Crippen molar-refractivity contribution in [1.82, 2.24) is 4.72 Å². The highest BCUT2D eigenvalue weighted by Crippen LogP contribution is 2.50. The van der Waals surface area contributed by atoms with Crippen molar-refractivity contribution in [3.63, 3.8) is 0 Å². The normalized spacial score (nSPS) is 31.2. The number of fused-ring (bicyclic) bond motifs is 1. The standard InChI is InChI=1S/C21H35NO5S/c1-4-14(2)19(23)10-9-17-18-12-15(11-16(18)13-20(17)24)7-5-6-8-21(25)22-28(3,26)27/h7,9-10,14,16-20,23-24H,4-6,8,11-13H2,1-3H3,(H,22,25)/b10-9+,15-7+/t14?,16-,17+,18-,19+,20+/m0/s1. The lowest BCUT2D eigenvalue weighted by molar-refractivity contribution is -0.119. The minimum atomic E-state index is -3.48. The molecule has 0 aromatic carbocycles. The summed E-state index contributed by atoms with van der Waals surface area (Å²) in [5.74, 6) is 0.734. The Morgan fingerprint density at radius 3 is 2.71 bits per heavy atom. The van der Waals surface area contributed by atoms with Gasteiger partial charge in [-0.3, -0.25) is 9.52 Å². The van der Waals surface area contributed by atoms with Gasteiger partial charge in [0.05, 0.1) is 18.5 Å². The number of aliphatic hydroxyl groups is 2. The van der Waals surface area contributed by atoms with Gasteiger partial charge in [0.15, 0.2) is 0 Å². The number of sulfonamides is 1. The Labute approximate surface area is 169 Å². The Hall–Kier alpha value is -1.18. The molecule has 0 saturated heterocycles. The van der Waals surface area contributed by atoms with Crippen molar-refractivity contribution in [3.05, 3.63) is 23.8 Å². The largest absolute Gasteiger partial charge is 0.392 e. The first-order chi connectivity index (χ1) is 13.1. The van der Waals surface area contributed by atoms with E-state index in [0.717, 1.165) is 38.4 Å². The first-order valence-corrected chi connectivity index (χ1v) is 12.2. The topological polar surface area (TPSA) is 104 Å². The minimum Gasteiger partial charge on any atom is -0.392 e. The van der Waals surface area contributed by atoms with Crippen LogP contribution >= 0.6 is 0 Å². The molecule has 28 heavy (non-hydrogen) atoms. The van der Waals surface area contributed by atoms with Gasteiger partial charge in [0, 0.05) is 12.3 Å². The zero-order valence-corrected chi connectivity index (χ0v) is 18.0. The average molecular weight is 414 g/mol. The molecule has 2 fully saturated rings. The fourth-order valence-electron chi connectivity index (χ4n) is 4.44. The molecule has 0 aromatic rings. The Morgan fingerprint density at radius 2 is 2.07 bits per heavy atom. The van der Waals surface area contributed by atoms with Crippen LogP contribution in [0.2, 0.25) is 0 Å². The second kappa shape index (κ2) is 10.0. The fourth-order valence-corrected chi connectivity index (χ4v) is 4.96. The van der Waals surface area contributed by atoms with E-state index in [1.54, 1.807) is 0 Å². The third kappa shape index (κ3) is 6.71. The molecule has 2 aliphatic carbocycles. The maximum absolute atomic E-state index is 11.5. The van der Waals surface area contributed by atoms with Crippen LogP contribution in [-0.2, 0) is 14.8 Å². The molecule has 3 N–H and O–H groups in total. The molecular formula is C21H35NO5S. The predicted molar refractivity (Wildman–Crippen MR) is 110 cm³/mol. The van der Waals surface area contributed by atoms with E-state index in [0.29, 0.717) is 18.3 Å². The van der Waals surface area contributed by atoms with Gasteiger partial charge in [0.25, 0.3) is 0 Å². The molecule has 0 bridgehead atoms. The molecule has 1 amide bonds. The van der Waals surface area contributed by atoms with E-state index < -0.39 is 22.0 Å². The summed E-state index contributed by atoms with van der Waals surface area (Å²) in [6.45, 7) is 4.08. The Balaban J connectivity index is 1.83. The van der Waals surface area contributed by atoms with Crippen molar-refractivity contribution < 1.29 is 23.4 Å². The van der Waals surface area contributed by atoms with Crippen molar-refractivity contribution in [1.29, 1.82) is 0 Å². The summed E-state index contributed by atoms with van der Waals surface area (Å²) in [5, 5.41) is 20.6. The lowest BCUT2D eigenvalue weighted by Gasteiger charge is -2.19. The zero-order valence-electron chi connectivity index (χ0n) is 17.2. The van der Waals surface area contributed by atoms with Crippen LogP contribution in [0.1, 0.15) is 58.8 Å². The number of hydrogen-bond acceptors (Lipinski definition) is 5. The van der Waals surface area contributed by atoms with Crippen molar-refractivity contribution in [3.8, 4) is 0 Å². The van der Waals surface area contributed by atoms with E-state index in [4.69, 9.17) is 0 Å². The number of hydrogen-bond donors (Lipinski definition) is 3. The van der Waals surface area contributed by atoms with Crippen LogP contribution in [-0.4, -0.2) is 43.0 Å². The van der Waals surface area contributed by atoms with Crippen LogP contribution in [0.5, 0.6) is 0 Å². The summed E-state index contributed by atoms with van der Waals surface area (Å²) in [6.07, 6.45) is 11.4. The summed E-state index contributed by atoms with van der Waals surface area (Å²) in [6, 6.07) is 0. The molecule has 160 valence electrons. The maximum atomic E-state index is 11.5. The minimum absolute atomic E-state index is 0.0927. The third-order valence-corrected chi connectivity index (χ3v) is 6.81. The monoisotopic (exact) mass is 413 g/mol. The maximum Gasteiger partial charge on any atom is 0.233 e. The molecule has 2 aliphatic rings. The molecule has 1 unspecified atom stereocenters. The third-order valence-electron chi connectivity index (χ3n) is 6.21. The molecule has 0 radical (unpaired) electrons. The molecular weight excluding hydrogens is 378 g/mol. The van der Waals surface area contributed by atoms with E-state index in [1.807, 2.05) is 23.8 Å². The lowest BCUT2D eigenvalue weighted by atomic mass is 9.89. The second-order valence-corrected chi connectivity index (χ2v) is 10.3. The van der Waals surface area contributed by atoms with Crippen LogP contribution in [0.3, 0.4) is 0 Å². The number of unbranched alkanes of at least 4 members (excludes halogenated alkanes) is 1. The lowest BCUT2D eigenvalue weighted by Crippen LogP contribution is -2.28. The van der Waals surface area contributed by atoms with Crippen LogP contribution in [0.15, 0.2) is 23.8 Å². The van der Waals surface area contributed by atoms with Crippen LogP contribution in [0.25, 0.3) is 0 Å². The van der Waals surface area contributed by atoms with Crippen LogP contribution in [0, 0.1) is 23.7 Å². The van der Waals surface area contributed by atoms with Crippen molar-refractivity contribution in [2.24, 2.45) is 23.7 Å². The second-order valence-electron chi connectivity index (χ2n) is 8.53. The molecule has 0 aromatic heterocycles. The van der Waals surface area contributed by atoms with E-state index in [2.05, 4.69) is 13.0 Å². The van der Waals surface area contributed by atoms with Gasteiger partial charge in [0.2, 0.25) is 15.9 Å². The predicted octanol–water partition coefficient (Wildman–Crippen LogP) is 2.53. The molecule has 6 atom stereocenters. The number of carbonyl (C=O) groups excluding carboxylic acids is 1. The molecule has 0 aliphatic heterocycles. The van der Waals surface area contributed by atoms with Gasteiger partial charge >= 0.3 is 0 Å². The summed E-state index contributed by atoms with van der Waals surface area (Å²) in [4.78, 5) is 11.5. The molecule has 2 saturated carbocycles. The Kier molecular flexibility index (Phi) is 8.28. The van der Waals surface area contributed by atoms with E-state index in [9.17, 15) is 23.4 Å². The molecule has 2 rings (SSSR count).